The van der Waals surface area contributed by atoms with E-state index in [0.29, 0.717) is 0 Å². The number of hydrogen-bond acceptors (Lipinski definition) is 4. The molecular formula is C30H16S4. The Morgan fingerprint density at radius 2 is 0.765 bits per heavy atom. The molecule has 0 N–H and O–H groups in total. The zero-order valence-electron chi connectivity index (χ0n) is 17.9. The van der Waals surface area contributed by atoms with Gasteiger partial charge in [0.25, 0.3) is 0 Å². The molecule has 0 saturated carbocycles. The Morgan fingerprint density at radius 3 is 1.18 bits per heavy atom. The maximum absolute atomic E-state index is 2.40. The first-order valence-corrected chi connectivity index (χ1v) is 14.8. The first kappa shape index (κ1) is 19.3. The summed E-state index contributed by atoms with van der Waals surface area (Å²) in [5.41, 5.74) is 5.30. The number of fused-ring (bicyclic) bond motifs is 5. The zero-order valence-corrected chi connectivity index (χ0v) is 21.1. The molecule has 34 heavy (non-hydrogen) atoms. The van der Waals surface area contributed by atoms with Crippen molar-refractivity contribution in [2.75, 3.05) is 0 Å². The van der Waals surface area contributed by atoms with Gasteiger partial charge in [-0.25, -0.2) is 0 Å². The monoisotopic (exact) mass is 504 g/mol. The Hall–Kier alpha value is -3.02. The lowest BCUT2D eigenvalue weighted by molar-refractivity contribution is 1.65. The van der Waals surface area contributed by atoms with E-state index in [2.05, 4.69) is 92.9 Å². The van der Waals surface area contributed by atoms with E-state index < -0.39 is 0 Å². The van der Waals surface area contributed by atoms with Crippen molar-refractivity contribution in [1.82, 2.24) is 0 Å². The third-order valence-corrected chi connectivity index (χ3v) is 10.3. The second-order valence-corrected chi connectivity index (χ2v) is 11.8. The number of hydrogen-bond donors (Lipinski definition) is 0. The van der Waals surface area contributed by atoms with Crippen molar-refractivity contribution < 1.29 is 0 Å². The highest BCUT2D eigenvalue weighted by atomic mass is 32.1. The van der Waals surface area contributed by atoms with Crippen LogP contribution in [-0.4, -0.2) is 0 Å². The summed E-state index contributed by atoms with van der Waals surface area (Å²) in [6.45, 7) is 0. The summed E-state index contributed by atoms with van der Waals surface area (Å²) >= 11 is 7.42. The molecule has 4 aromatic carbocycles. The van der Waals surface area contributed by atoms with Crippen LogP contribution in [0.25, 0.3) is 74.7 Å². The predicted octanol–water partition coefficient (Wildman–Crippen LogP) is 11.0. The summed E-state index contributed by atoms with van der Waals surface area (Å²) in [4.78, 5) is 0. The molecule has 0 saturated heterocycles. The van der Waals surface area contributed by atoms with Crippen molar-refractivity contribution in [3.05, 3.63) is 92.9 Å². The molecule has 160 valence electrons. The lowest BCUT2D eigenvalue weighted by Gasteiger charge is -2.15. The fraction of sp³-hybridized carbons (Fsp3) is 0. The molecule has 0 atom stereocenters. The Bertz CT molecular complexity index is 1850. The van der Waals surface area contributed by atoms with Gasteiger partial charge in [-0.05, 0) is 43.4 Å². The van der Waals surface area contributed by atoms with E-state index in [1.165, 1.54) is 74.7 Å². The molecule has 4 aromatic heterocycles. The van der Waals surface area contributed by atoms with Crippen molar-refractivity contribution in [2.45, 2.75) is 0 Å². The minimum absolute atomic E-state index is 1.29. The number of benzene rings is 3. The Labute approximate surface area is 212 Å². The Morgan fingerprint density at radius 1 is 0.382 bits per heavy atom. The quantitative estimate of drug-likeness (QED) is 0.220. The SMILES string of the molecule is c1ccc(-c2c(-c3ccccc3)c3scc4c5cscc5c5cscc5c5csc2c5c34)cc1. The zero-order chi connectivity index (χ0) is 22.2. The second-order valence-electron chi connectivity index (χ2n) is 8.59. The Balaban J connectivity index is 1.74. The molecule has 0 aliphatic carbocycles. The molecule has 0 spiro atoms. The molecule has 8 aromatic rings. The van der Waals surface area contributed by atoms with Gasteiger partial charge in [0.1, 0.15) is 0 Å². The molecular weight excluding hydrogens is 489 g/mol. The maximum atomic E-state index is 2.40. The fourth-order valence-electron chi connectivity index (χ4n) is 5.39. The Kier molecular flexibility index (Phi) is 4.11. The van der Waals surface area contributed by atoms with Crippen LogP contribution in [0, 0.1) is 0 Å². The molecule has 0 amide bonds. The van der Waals surface area contributed by atoms with Crippen LogP contribution in [0.3, 0.4) is 0 Å². The van der Waals surface area contributed by atoms with Gasteiger partial charge in [0.05, 0.1) is 0 Å². The summed E-state index contributed by atoms with van der Waals surface area (Å²) in [5.74, 6) is 0. The molecule has 0 unspecified atom stereocenters. The number of rotatable bonds is 2. The highest BCUT2D eigenvalue weighted by molar-refractivity contribution is 7.21. The van der Waals surface area contributed by atoms with E-state index in [1.54, 1.807) is 0 Å². The second kappa shape index (κ2) is 7.24. The molecule has 0 nitrogen and oxygen atoms in total. The third-order valence-electron chi connectivity index (χ3n) is 6.86. The summed E-state index contributed by atoms with van der Waals surface area (Å²) in [6, 6.07) is 21.9. The molecule has 8 rings (SSSR count). The topological polar surface area (TPSA) is 0 Å². The maximum Gasteiger partial charge on any atom is 0.0441 e. The smallest absolute Gasteiger partial charge is 0.0441 e. The van der Waals surface area contributed by atoms with Gasteiger partial charge in [0.2, 0.25) is 0 Å². The molecule has 0 bridgehead atoms. The highest BCUT2D eigenvalue weighted by Gasteiger charge is 2.23. The van der Waals surface area contributed by atoms with E-state index in [0.717, 1.165) is 0 Å². The van der Waals surface area contributed by atoms with Crippen molar-refractivity contribution in [2.24, 2.45) is 0 Å². The van der Waals surface area contributed by atoms with Gasteiger partial charge in [-0.1, -0.05) is 60.7 Å². The van der Waals surface area contributed by atoms with E-state index >= 15 is 0 Å². The van der Waals surface area contributed by atoms with Crippen LogP contribution in [0.5, 0.6) is 0 Å². The molecule has 4 heterocycles. The van der Waals surface area contributed by atoms with Crippen LogP contribution in [0.15, 0.2) is 92.9 Å². The van der Waals surface area contributed by atoms with E-state index in [4.69, 9.17) is 0 Å². The van der Waals surface area contributed by atoms with Gasteiger partial charge in [-0.15, -0.1) is 22.7 Å². The minimum Gasteiger partial charge on any atom is -0.151 e. The van der Waals surface area contributed by atoms with Crippen LogP contribution < -0.4 is 0 Å². The fourth-order valence-corrected chi connectivity index (χ4v) is 9.39. The lowest BCUT2D eigenvalue weighted by atomic mass is 9.89. The van der Waals surface area contributed by atoms with Crippen LogP contribution in [0.2, 0.25) is 0 Å². The normalized spacial score (nSPS) is 12.1. The average Bonchev–Trinajstić information content (AvgIpc) is 3.67. The summed E-state index contributed by atoms with van der Waals surface area (Å²) in [5, 5.41) is 25.3. The lowest BCUT2D eigenvalue weighted by Crippen LogP contribution is -1.88. The van der Waals surface area contributed by atoms with Crippen molar-refractivity contribution >= 4 is 97.8 Å². The first-order chi connectivity index (χ1) is 16.9. The van der Waals surface area contributed by atoms with Crippen LogP contribution in [0.1, 0.15) is 0 Å². The van der Waals surface area contributed by atoms with Crippen molar-refractivity contribution in [3.63, 3.8) is 0 Å². The minimum atomic E-state index is 1.29. The van der Waals surface area contributed by atoms with E-state index in [-0.39, 0.29) is 0 Å². The number of thiophene rings is 4. The summed E-state index contributed by atoms with van der Waals surface area (Å²) in [6.07, 6.45) is 0. The standard InChI is InChI=1S/C30H16S4/c1-3-7-17(8-4-1)25-26(18-9-5-2-6-10-18)30-28-24(16-34-30)22-14-32-12-20(22)19-11-31-13-21(19)23-15-33-29(25)27(23)28/h1-16H. The predicted molar refractivity (Wildman–Crippen MR) is 156 cm³/mol. The average molecular weight is 505 g/mol. The molecule has 0 aliphatic rings. The van der Waals surface area contributed by atoms with E-state index in [1.807, 2.05) is 45.3 Å². The third kappa shape index (κ3) is 2.51. The van der Waals surface area contributed by atoms with Gasteiger partial charge in [-0.2, -0.15) is 22.7 Å². The van der Waals surface area contributed by atoms with Gasteiger partial charge < -0.3 is 0 Å². The van der Waals surface area contributed by atoms with Crippen molar-refractivity contribution in [1.29, 1.82) is 0 Å². The molecule has 0 aliphatic heterocycles. The largest absolute Gasteiger partial charge is 0.151 e. The van der Waals surface area contributed by atoms with Crippen LogP contribution >= 0.6 is 45.3 Å². The molecule has 0 radical (unpaired) electrons. The van der Waals surface area contributed by atoms with Crippen LogP contribution in [0.4, 0.5) is 0 Å². The molecule has 0 fully saturated rings. The van der Waals surface area contributed by atoms with Gasteiger partial charge in [0, 0.05) is 63.6 Å². The highest BCUT2D eigenvalue weighted by Crippen LogP contribution is 2.53. The van der Waals surface area contributed by atoms with Gasteiger partial charge >= 0.3 is 0 Å². The first-order valence-electron chi connectivity index (χ1n) is 11.1. The summed E-state index contributed by atoms with van der Waals surface area (Å²) < 4.78 is 2.78. The van der Waals surface area contributed by atoms with E-state index in [9.17, 15) is 0 Å². The van der Waals surface area contributed by atoms with Crippen LogP contribution in [-0.2, 0) is 0 Å². The van der Waals surface area contributed by atoms with Gasteiger partial charge in [-0.3, -0.25) is 0 Å². The van der Waals surface area contributed by atoms with Gasteiger partial charge in [0.15, 0.2) is 0 Å². The molecule has 4 heteroatoms. The summed E-state index contributed by atoms with van der Waals surface area (Å²) in [7, 11) is 0. The van der Waals surface area contributed by atoms with Crippen molar-refractivity contribution in [3.8, 4) is 22.3 Å².